The van der Waals surface area contributed by atoms with Crippen molar-refractivity contribution in [1.82, 2.24) is 0 Å². The summed E-state index contributed by atoms with van der Waals surface area (Å²) in [7, 11) is -3.92. The van der Waals surface area contributed by atoms with Crippen LogP contribution in [0.15, 0.2) is 0 Å². The van der Waals surface area contributed by atoms with Crippen molar-refractivity contribution in [2.75, 3.05) is 12.8 Å². The van der Waals surface area contributed by atoms with Gasteiger partial charge in [0.05, 0.1) is 28.7 Å². The second kappa shape index (κ2) is 7.20. The standard InChI is InChI=1S/C8H19N.CH4O3S/c1-6-9(7(2)3)8(4)5;1-5(2,3)4/h7-8H,6H2,1-5H3;1H3,(H,2,3,4). The van der Waals surface area contributed by atoms with Crippen LogP contribution in [0.5, 0.6) is 0 Å². The third-order valence-corrected chi connectivity index (χ3v) is 1.89. The molecule has 0 atom stereocenters. The zero-order chi connectivity index (χ0) is 11.9. The number of quaternary nitrogens is 1. The van der Waals surface area contributed by atoms with Gasteiger partial charge in [-0.25, -0.2) is 8.42 Å². The fourth-order valence-corrected chi connectivity index (χ4v) is 1.48. The maximum atomic E-state index is 9.08. The molecular formula is C9H23NO3S. The van der Waals surface area contributed by atoms with E-state index in [-0.39, 0.29) is 0 Å². The van der Waals surface area contributed by atoms with Crippen molar-refractivity contribution in [3.8, 4) is 0 Å². The molecule has 0 aliphatic heterocycles. The average molecular weight is 225 g/mol. The summed E-state index contributed by atoms with van der Waals surface area (Å²) < 4.78 is 27.2. The monoisotopic (exact) mass is 225 g/mol. The van der Waals surface area contributed by atoms with Crippen LogP contribution in [-0.4, -0.2) is 37.9 Å². The topological polar surface area (TPSA) is 61.6 Å². The quantitative estimate of drug-likeness (QED) is 0.681. The van der Waals surface area contributed by atoms with Gasteiger partial charge in [0.2, 0.25) is 0 Å². The molecule has 0 saturated carbocycles. The van der Waals surface area contributed by atoms with Crippen molar-refractivity contribution in [3.05, 3.63) is 0 Å². The Bertz CT molecular complexity index is 206. The first-order valence-corrected chi connectivity index (χ1v) is 6.67. The minimum Gasteiger partial charge on any atom is -0.748 e. The van der Waals surface area contributed by atoms with E-state index in [2.05, 4.69) is 34.6 Å². The smallest absolute Gasteiger partial charge is 0.0916 e. The van der Waals surface area contributed by atoms with E-state index in [1.54, 1.807) is 4.90 Å². The lowest BCUT2D eigenvalue weighted by Crippen LogP contribution is -3.17. The van der Waals surface area contributed by atoms with E-state index in [4.69, 9.17) is 13.0 Å². The molecule has 0 heterocycles. The van der Waals surface area contributed by atoms with Crippen molar-refractivity contribution in [2.24, 2.45) is 0 Å². The molecule has 0 saturated heterocycles. The molecule has 0 fully saturated rings. The minimum absolute atomic E-state index is 0.604. The van der Waals surface area contributed by atoms with E-state index in [1.807, 2.05) is 0 Å². The Balaban J connectivity index is 0. The molecular weight excluding hydrogens is 202 g/mol. The van der Waals surface area contributed by atoms with Crippen LogP contribution < -0.4 is 4.90 Å². The second-order valence-electron chi connectivity index (χ2n) is 3.94. The van der Waals surface area contributed by atoms with Gasteiger partial charge in [-0.3, -0.25) is 0 Å². The zero-order valence-corrected chi connectivity index (χ0v) is 10.8. The molecule has 88 valence electrons. The van der Waals surface area contributed by atoms with Gasteiger partial charge in [0, 0.05) is 6.26 Å². The lowest BCUT2D eigenvalue weighted by Gasteiger charge is -2.25. The number of hydrogen-bond donors (Lipinski definition) is 1. The van der Waals surface area contributed by atoms with E-state index < -0.39 is 10.1 Å². The zero-order valence-electron chi connectivity index (χ0n) is 9.99. The summed E-state index contributed by atoms with van der Waals surface area (Å²) in [6.45, 7) is 12.6. The normalized spacial score (nSPS) is 11.9. The van der Waals surface area contributed by atoms with Crippen molar-refractivity contribution >= 4 is 10.1 Å². The summed E-state index contributed by atoms with van der Waals surface area (Å²) in [5.41, 5.74) is 0. The molecule has 0 aromatic rings. The van der Waals surface area contributed by atoms with Gasteiger partial charge in [-0.1, -0.05) is 0 Å². The SMILES string of the molecule is CC[NH+](C(C)C)C(C)C.CS(=O)(=O)[O-]. The Labute approximate surface area is 88.1 Å². The van der Waals surface area contributed by atoms with Crippen LogP contribution >= 0.6 is 0 Å². The Kier molecular flexibility index (Phi) is 8.39. The molecule has 0 aromatic heterocycles. The summed E-state index contributed by atoms with van der Waals surface area (Å²) in [6.07, 6.45) is 0.604. The fourth-order valence-electron chi connectivity index (χ4n) is 1.48. The van der Waals surface area contributed by atoms with Crippen molar-refractivity contribution in [2.45, 2.75) is 46.7 Å². The van der Waals surface area contributed by atoms with E-state index in [9.17, 15) is 0 Å². The van der Waals surface area contributed by atoms with Gasteiger partial charge in [-0.05, 0) is 34.6 Å². The highest BCUT2D eigenvalue weighted by molar-refractivity contribution is 7.84. The van der Waals surface area contributed by atoms with Crippen LogP contribution in [-0.2, 0) is 10.1 Å². The van der Waals surface area contributed by atoms with E-state index in [0.717, 1.165) is 12.1 Å². The molecule has 0 bridgehead atoms. The molecule has 0 unspecified atom stereocenters. The first-order valence-electron chi connectivity index (χ1n) is 4.86. The number of nitrogens with one attached hydrogen (secondary N) is 1. The van der Waals surface area contributed by atoms with Gasteiger partial charge >= 0.3 is 0 Å². The Morgan fingerprint density at radius 1 is 1.14 bits per heavy atom. The van der Waals surface area contributed by atoms with Crippen LogP contribution in [0.1, 0.15) is 34.6 Å². The van der Waals surface area contributed by atoms with Crippen LogP contribution in [0.3, 0.4) is 0 Å². The maximum absolute atomic E-state index is 9.08. The Morgan fingerprint density at radius 2 is 1.36 bits per heavy atom. The van der Waals surface area contributed by atoms with E-state index >= 15 is 0 Å². The summed E-state index contributed by atoms with van der Waals surface area (Å²) in [6, 6.07) is 1.55. The number of hydrogen-bond acceptors (Lipinski definition) is 3. The fraction of sp³-hybridized carbons (Fsp3) is 1.00. The van der Waals surface area contributed by atoms with Gasteiger partial charge in [0.15, 0.2) is 0 Å². The van der Waals surface area contributed by atoms with E-state index in [1.165, 1.54) is 6.54 Å². The second-order valence-corrected chi connectivity index (χ2v) is 5.35. The molecule has 0 aliphatic carbocycles. The molecule has 14 heavy (non-hydrogen) atoms. The maximum Gasteiger partial charge on any atom is 0.0916 e. The summed E-state index contributed by atoms with van der Waals surface area (Å²) in [4.78, 5) is 1.69. The highest BCUT2D eigenvalue weighted by Crippen LogP contribution is 1.74. The molecule has 0 spiro atoms. The summed E-state index contributed by atoms with van der Waals surface area (Å²) >= 11 is 0. The van der Waals surface area contributed by atoms with Crippen LogP contribution in [0.25, 0.3) is 0 Å². The molecule has 4 nitrogen and oxygen atoms in total. The Morgan fingerprint density at radius 3 is 1.36 bits per heavy atom. The summed E-state index contributed by atoms with van der Waals surface area (Å²) in [5.74, 6) is 0. The first kappa shape index (κ1) is 16.3. The van der Waals surface area contributed by atoms with Gasteiger partial charge in [0.1, 0.15) is 0 Å². The average Bonchev–Trinajstić information content (AvgIpc) is 1.81. The highest BCUT2D eigenvalue weighted by atomic mass is 32.2. The van der Waals surface area contributed by atoms with Crippen molar-refractivity contribution < 1.29 is 17.9 Å². The van der Waals surface area contributed by atoms with Crippen molar-refractivity contribution in [1.29, 1.82) is 0 Å². The third kappa shape index (κ3) is 14.4. The minimum atomic E-state index is -3.92. The van der Waals surface area contributed by atoms with Crippen LogP contribution in [0, 0.1) is 0 Å². The van der Waals surface area contributed by atoms with Gasteiger partial charge in [-0.2, -0.15) is 0 Å². The molecule has 0 rings (SSSR count). The molecule has 5 heteroatoms. The summed E-state index contributed by atoms with van der Waals surface area (Å²) in [5, 5.41) is 0. The van der Waals surface area contributed by atoms with Crippen molar-refractivity contribution in [3.63, 3.8) is 0 Å². The molecule has 0 aromatic carbocycles. The predicted octanol–water partition coefficient (Wildman–Crippen LogP) is -0.131. The van der Waals surface area contributed by atoms with Crippen LogP contribution in [0.4, 0.5) is 0 Å². The predicted molar refractivity (Wildman–Crippen MR) is 57.4 cm³/mol. The third-order valence-electron chi connectivity index (χ3n) is 1.89. The van der Waals surface area contributed by atoms with Gasteiger partial charge in [-0.15, -0.1) is 0 Å². The first-order chi connectivity index (χ1) is 6.09. The number of rotatable bonds is 3. The lowest BCUT2D eigenvalue weighted by atomic mass is 10.2. The highest BCUT2D eigenvalue weighted by Gasteiger charge is 2.12. The van der Waals surface area contributed by atoms with Gasteiger partial charge in [0.25, 0.3) is 0 Å². The molecule has 1 N–H and O–H groups in total. The van der Waals surface area contributed by atoms with E-state index in [0.29, 0.717) is 6.26 Å². The van der Waals surface area contributed by atoms with Gasteiger partial charge < -0.3 is 9.45 Å². The largest absolute Gasteiger partial charge is 0.748 e. The molecule has 0 radical (unpaired) electrons. The molecule has 0 aliphatic rings. The lowest BCUT2D eigenvalue weighted by molar-refractivity contribution is -0.940. The Hall–Kier alpha value is -0.130. The van der Waals surface area contributed by atoms with Crippen LogP contribution in [0.2, 0.25) is 0 Å². The molecule has 0 amide bonds.